The molecule has 4 aromatic rings. The largest absolute Gasteiger partial charge is 0.455 e. The van der Waals surface area contributed by atoms with Gasteiger partial charge in [-0.15, -0.1) is 0 Å². The zero-order valence-electron chi connectivity index (χ0n) is 22.0. The van der Waals surface area contributed by atoms with Crippen LogP contribution in [-0.2, 0) is 22.0 Å². The zero-order chi connectivity index (χ0) is 26.3. The van der Waals surface area contributed by atoms with Gasteiger partial charge in [0.05, 0.1) is 24.4 Å². The Morgan fingerprint density at radius 2 is 2.03 bits per heavy atom. The fourth-order valence-corrected chi connectivity index (χ4v) is 4.52. The van der Waals surface area contributed by atoms with Crippen molar-refractivity contribution in [3.63, 3.8) is 0 Å². The number of pyridine rings is 2. The highest BCUT2D eigenvalue weighted by atomic mass is 16.5. The number of aromatic nitrogens is 6. The van der Waals surface area contributed by atoms with Gasteiger partial charge in [-0.1, -0.05) is 20.8 Å². The van der Waals surface area contributed by atoms with Crippen LogP contribution in [0.4, 0.5) is 17.6 Å². The topological polar surface area (TPSA) is 121 Å². The van der Waals surface area contributed by atoms with Gasteiger partial charge in [-0.25, -0.2) is 9.97 Å². The number of imidazole rings is 1. The van der Waals surface area contributed by atoms with Gasteiger partial charge in [-0.05, 0) is 19.4 Å². The molecule has 0 spiro atoms. The van der Waals surface area contributed by atoms with E-state index in [1.54, 1.807) is 24.5 Å². The summed E-state index contributed by atoms with van der Waals surface area (Å²) in [6, 6.07) is 5.71. The Bertz CT molecular complexity index is 1460. The van der Waals surface area contributed by atoms with Crippen LogP contribution in [0.25, 0.3) is 11.2 Å². The van der Waals surface area contributed by atoms with E-state index in [1.165, 1.54) is 6.92 Å². The fraction of sp³-hybridized carbons (Fsp3) is 0.423. The van der Waals surface area contributed by atoms with Crippen LogP contribution >= 0.6 is 0 Å². The molecule has 1 aliphatic rings. The molecular weight excluding hydrogens is 472 g/mol. The molecule has 0 aliphatic carbocycles. The molecule has 1 unspecified atom stereocenters. The normalized spacial score (nSPS) is 15.8. The zero-order valence-corrected chi connectivity index (χ0v) is 22.0. The molecule has 1 amide bonds. The molecule has 0 aromatic carbocycles. The van der Waals surface area contributed by atoms with Gasteiger partial charge in [0.15, 0.2) is 17.2 Å². The Kier molecular flexibility index (Phi) is 6.32. The quantitative estimate of drug-likeness (QED) is 0.390. The number of hydrogen-bond donors (Lipinski definition) is 2. The van der Waals surface area contributed by atoms with E-state index >= 15 is 0 Å². The predicted molar refractivity (Wildman–Crippen MR) is 141 cm³/mol. The summed E-state index contributed by atoms with van der Waals surface area (Å²) >= 11 is 0. The Balaban J connectivity index is 1.44. The minimum Gasteiger partial charge on any atom is -0.455 e. The van der Waals surface area contributed by atoms with Crippen LogP contribution < -0.4 is 15.4 Å². The van der Waals surface area contributed by atoms with E-state index in [1.807, 2.05) is 18.5 Å². The number of fused-ring (bicyclic) bond motifs is 1. The smallest absolute Gasteiger partial charge is 0.222 e. The number of anilines is 3. The van der Waals surface area contributed by atoms with Crippen molar-refractivity contribution in [2.24, 2.45) is 7.05 Å². The highest BCUT2D eigenvalue weighted by Crippen LogP contribution is 2.34. The second-order valence-corrected chi connectivity index (χ2v) is 10.3. The molecule has 4 aromatic heterocycles. The van der Waals surface area contributed by atoms with Crippen LogP contribution in [0.3, 0.4) is 0 Å². The van der Waals surface area contributed by atoms with E-state index in [0.717, 1.165) is 35.6 Å². The van der Waals surface area contributed by atoms with E-state index in [4.69, 9.17) is 19.6 Å². The van der Waals surface area contributed by atoms with Crippen molar-refractivity contribution < 1.29 is 14.3 Å². The first-order valence-electron chi connectivity index (χ1n) is 12.3. The average molecular weight is 505 g/mol. The summed E-state index contributed by atoms with van der Waals surface area (Å²) < 4.78 is 15.8. The third-order valence-electron chi connectivity index (χ3n) is 6.36. The lowest BCUT2D eigenvalue weighted by molar-refractivity contribution is -0.114. The van der Waals surface area contributed by atoms with Gasteiger partial charge in [0.25, 0.3) is 0 Å². The number of nitrogens with zero attached hydrogens (tertiary/aromatic N) is 6. The first kappa shape index (κ1) is 24.7. The van der Waals surface area contributed by atoms with Crippen molar-refractivity contribution >= 4 is 34.7 Å². The van der Waals surface area contributed by atoms with Crippen LogP contribution in [0, 0.1) is 6.92 Å². The SMILES string of the molecule is CC(=O)Nc1cc(Oc2cnc3nc(Nc4cc(C(C)(C)C)n(C5CCOC5)n4)n(C)c3c2C)ccn1. The third kappa shape index (κ3) is 4.99. The summed E-state index contributed by atoms with van der Waals surface area (Å²) in [7, 11) is 1.93. The molecule has 194 valence electrons. The van der Waals surface area contributed by atoms with Gasteiger partial charge in [0.2, 0.25) is 11.9 Å². The van der Waals surface area contributed by atoms with Gasteiger partial charge in [0, 0.05) is 55.6 Å². The summed E-state index contributed by atoms with van der Waals surface area (Å²) in [4.78, 5) is 24.7. The van der Waals surface area contributed by atoms with E-state index < -0.39 is 0 Å². The van der Waals surface area contributed by atoms with Crippen molar-refractivity contribution in [2.75, 3.05) is 23.8 Å². The summed E-state index contributed by atoms with van der Waals surface area (Å²) in [6.45, 7) is 11.4. The molecule has 0 saturated carbocycles. The van der Waals surface area contributed by atoms with E-state index in [-0.39, 0.29) is 17.4 Å². The van der Waals surface area contributed by atoms with Gasteiger partial charge in [0.1, 0.15) is 11.6 Å². The lowest BCUT2D eigenvalue weighted by atomic mass is 9.91. The molecule has 0 radical (unpaired) electrons. The number of hydrogen-bond acceptors (Lipinski definition) is 8. The summed E-state index contributed by atoms with van der Waals surface area (Å²) in [6.07, 6.45) is 4.18. The molecule has 5 heterocycles. The molecule has 2 N–H and O–H groups in total. The fourth-order valence-electron chi connectivity index (χ4n) is 4.52. The molecule has 11 nitrogen and oxygen atoms in total. The number of nitrogens with one attached hydrogen (secondary N) is 2. The molecule has 1 aliphatic heterocycles. The van der Waals surface area contributed by atoms with E-state index in [9.17, 15) is 4.79 Å². The van der Waals surface area contributed by atoms with Crippen molar-refractivity contribution in [3.8, 4) is 11.5 Å². The summed E-state index contributed by atoms with van der Waals surface area (Å²) in [5.74, 6) is 2.71. The van der Waals surface area contributed by atoms with Gasteiger partial charge >= 0.3 is 0 Å². The monoisotopic (exact) mass is 504 g/mol. The predicted octanol–water partition coefficient (Wildman–Crippen LogP) is 4.62. The molecule has 1 fully saturated rings. The Morgan fingerprint density at radius 1 is 1.22 bits per heavy atom. The van der Waals surface area contributed by atoms with Crippen molar-refractivity contribution in [1.29, 1.82) is 0 Å². The van der Waals surface area contributed by atoms with Crippen LogP contribution in [-0.4, -0.2) is 48.4 Å². The number of carbonyl (C=O) groups is 1. The number of ether oxygens (including phenoxy) is 2. The second kappa shape index (κ2) is 9.47. The highest BCUT2D eigenvalue weighted by Gasteiger charge is 2.28. The molecule has 11 heteroatoms. The highest BCUT2D eigenvalue weighted by molar-refractivity contribution is 5.87. The first-order chi connectivity index (χ1) is 17.6. The molecule has 1 atom stereocenters. The molecule has 5 rings (SSSR count). The van der Waals surface area contributed by atoms with E-state index in [0.29, 0.717) is 35.5 Å². The maximum absolute atomic E-state index is 11.4. The van der Waals surface area contributed by atoms with Crippen LogP contribution in [0.5, 0.6) is 11.5 Å². The summed E-state index contributed by atoms with van der Waals surface area (Å²) in [5.41, 5.74) is 3.40. The molecular formula is C26H32N8O3. The van der Waals surface area contributed by atoms with Crippen LogP contribution in [0.15, 0.2) is 30.6 Å². The van der Waals surface area contributed by atoms with E-state index in [2.05, 4.69) is 52.1 Å². The summed E-state index contributed by atoms with van der Waals surface area (Å²) in [5, 5.41) is 10.9. The standard InChI is InChI=1S/C26H32N8O3/c1-15-19(37-18-7-9-27-21(11-18)29-16(2)35)13-28-24-23(15)33(6)25(31-24)30-22-12-20(26(3,4)5)34(32-22)17-8-10-36-14-17/h7,9,11-13,17H,8,10,14H2,1-6H3,(H,27,29,35)(H,28,30,31,32). The molecule has 37 heavy (non-hydrogen) atoms. The maximum Gasteiger partial charge on any atom is 0.222 e. The van der Waals surface area contributed by atoms with Crippen molar-refractivity contribution in [1.82, 2.24) is 29.3 Å². The lowest BCUT2D eigenvalue weighted by Crippen LogP contribution is -2.22. The third-order valence-corrected chi connectivity index (χ3v) is 6.36. The minimum absolute atomic E-state index is 0.0704. The Labute approximate surface area is 215 Å². The van der Waals surface area contributed by atoms with Crippen LogP contribution in [0.2, 0.25) is 0 Å². The number of amides is 1. The molecule has 1 saturated heterocycles. The average Bonchev–Trinajstić information content (AvgIpc) is 3.55. The van der Waals surface area contributed by atoms with Crippen molar-refractivity contribution in [3.05, 3.63) is 41.9 Å². The van der Waals surface area contributed by atoms with Gasteiger partial charge in [-0.3, -0.25) is 9.48 Å². The van der Waals surface area contributed by atoms with Crippen LogP contribution in [0.1, 0.15) is 51.4 Å². The maximum atomic E-state index is 11.4. The number of rotatable bonds is 6. The number of carbonyl (C=O) groups excluding carboxylic acids is 1. The van der Waals surface area contributed by atoms with Crippen molar-refractivity contribution in [2.45, 2.75) is 52.5 Å². The Hall–Kier alpha value is -3.99. The van der Waals surface area contributed by atoms with Gasteiger partial charge < -0.3 is 24.7 Å². The Morgan fingerprint density at radius 3 is 2.73 bits per heavy atom. The van der Waals surface area contributed by atoms with Gasteiger partial charge in [-0.2, -0.15) is 10.1 Å². The number of aryl methyl sites for hydroxylation is 2. The molecule has 0 bridgehead atoms. The first-order valence-corrected chi connectivity index (χ1v) is 12.3. The lowest BCUT2D eigenvalue weighted by Gasteiger charge is -2.22. The second-order valence-electron chi connectivity index (χ2n) is 10.3. The minimum atomic E-state index is -0.199.